The van der Waals surface area contributed by atoms with Crippen LogP contribution in [0.1, 0.15) is 59.2 Å². The van der Waals surface area contributed by atoms with Crippen LogP contribution >= 0.6 is 0 Å². The molecular formula is C26H27N. The number of fused-ring (bicyclic) bond motifs is 7. The molecule has 2 aliphatic rings. The SMILES string of the molecule is Cc1cc(C)c2c(c1C)C(C)(C)CC21c2ccccc2-c2ccc(N)cc21. The maximum Gasteiger partial charge on any atom is 0.0478 e. The van der Waals surface area contributed by atoms with Gasteiger partial charge in [-0.1, -0.05) is 50.2 Å². The van der Waals surface area contributed by atoms with E-state index in [1.54, 1.807) is 5.56 Å². The highest BCUT2D eigenvalue weighted by Crippen LogP contribution is 2.64. The molecule has 5 rings (SSSR count). The summed E-state index contributed by atoms with van der Waals surface area (Å²) in [5.74, 6) is 0. The van der Waals surface area contributed by atoms with Gasteiger partial charge in [-0.05, 0) is 94.8 Å². The minimum absolute atomic E-state index is 0.0946. The zero-order chi connectivity index (χ0) is 19.1. The largest absolute Gasteiger partial charge is 0.399 e. The smallest absolute Gasteiger partial charge is 0.0478 e. The van der Waals surface area contributed by atoms with E-state index in [2.05, 4.69) is 77.1 Å². The number of aryl methyl sites for hydroxylation is 2. The van der Waals surface area contributed by atoms with Gasteiger partial charge in [0.2, 0.25) is 0 Å². The lowest BCUT2D eigenvalue weighted by molar-refractivity contribution is 0.448. The lowest BCUT2D eigenvalue weighted by atomic mass is 9.70. The van der Waals surface area contributed by atoms with Crippen LogP contribution in [-0.4, -0.2) is 0 Å². The van der Waals surface area contributed by atoms with Crippen LogP contribution in [0.5, 0.6) is 0 Å². The molecule has 3 aromatic carbocycles. The molecule has 0 fully saturated rings. The second-order valence-corrected chi connectivity index (χ2v) is 9.20. The van der Waals surface area contributed by atoms with Gasteiger partial charge in [0.1, 0.15) is 0 Å². The summed E-state index contributed by atoms with van der Waals surface area (Å²) in [6.45, 7) is 11.7. The molecule has 136 valence electrons. The van der Waals surface area contributed by atoms with Crippen molar-refractivity contribution in [1.82, 2.24) is 0 Å². The van der Waals surface area contributed by atoms with E-state index in [9.17, 15) is 0 Å². The van der Waals surface area contributed by atoms with Crippen LogP contribution in [0, 0.1) is 20.8 Å². The summed E-state index contributed by atoms with van der Waals surface area (Å²) in [6.07, 6.45) is 1.09. The van der Waals surface area contributed by atoms with Crippen LogP contribution in [-0.2, 0) is 10.8 Å². The zero-order valence-electron chi connectivity index (χ0n) is 16.9. The molecule has 3 aromatic rings. The van der Waals surface area contributed by atoms with Crippen molar-refractivity contribution in [3.8, 4) is 11.1 Å². The van der Waals surface area contributed by atoms with Crippen molar-refractivity contribution in [3.05, 3.63) is 87.5 Å². The molecule has 1 heteroatoms. The third kappa shape index (κ3) is 1.90. The third-order valence-electron chi connectivity index (χ3n) is 7.03. The summed E-state index contributed by atoms with van der Waals surface area (Å²) in [4.78, 5) is 0. The van der Waals surface area contributed by atoms with Crippen LogP contribution in [0.3, 0.4) is 0 Å². The fourth-order valence-electron chi connectivity index (χ4n) is 6.17. The predicted octanol–water partition coefficient (Wildman–Crippen LogP) is 6.19. The van der Waals surface area contributed by atoms with Crippen molar-refractivity contribution in [1.29, 1.82) is 0 Å². The van der Waals surface area contributed by atoms with Gasteiger partial charge in [-0.25, -0.2) is 0 Å². The lowest BCUT2D eigenvalue weighted by Gasteiger charge is -2.31. The minimum atomic E-state index is -0.0946. The number of benzene rings is 3. The van der Waals surface area contributed by atoms with Crippen molar-refractivity contribution < 1.29 is 0 Å². The van der Waals surface area contributed by atoms with E-state index in [0.717, 1.165) is 12.1 Å². The highest BCUT2D eigenvalue weighted by Gasteiger charge is 2.55. The van der Waals surface area contributed by atoms with Crippen LogP contribution < -0.4 is 5.73 Å². The Morgan fingerprint density at radius 2 is 1.48 bits per heavy atom. The molecule has 1 unspecified atom stereocenters. The summed E-state index contributed by atoms with van der Waals surface area (Å²) in [5, 5.41) is 0. The zero-order valence-corrected chi connectivity index (χ0v) is 16.9. The lowest BCUT2D eigenvalue weighted by Crippen LogP contribution is -2.27. The molecule has 1 atom stereocenters. The molecule has 1 nitrogen and oxygen atoms in total. The van der Waals surface area contributed by atoms with Gasteiger partial charge in [0.05, 0.1) is 0 Å². The first-order valence-electron chi connectivity index (χ1n) is 9.89. The van der Waals surface area contributed by atoms with Crippen LogP contribution in [0.25, 0.3) is 11.1 Å². The molecule has 0 radical (unpaired) electrons. The molecular weight excluding hydrogens is 326 g/mol. The van der Waals surface area contributed by atoms with Crippen molar-refractivity contribution >= 4 is 5.69 Å². The van der Waals surface area contributed by atoms with Gasteiger partial charge in [0.25, 0.3) is 0 Å². The molecule has 0 saturated carbocycles. The van der Waals surface area contributed by atoms with Crippen LogP contribution in [0.4, 0.5) is 5.69 Å². The molecule has 0 bridgehead atoms. The molecule has 0 saturated heterocycles. The highest BCUT2D eigenvalue weighted by molar-refractivity contribution is 5.86. The number of anilines is 1. The Bertz CT molecular complexity index is 1120. The quantitative estimate of drug-likeness (QED) is 0.479. The van der Waals surface area contributed by atoms with E-state index >= 15 is 0 Å². The fourth-order valence-corrected chi connectivity index (χ4v) is 6.17. The predicted molar refractivity (Wildman–Crippen MR) is 114 cm³/mol. The third-order valence-corrected chi connectivity index (χ3v) is 7.03. The normalized spacial score (nSPS) is 21.2. The number of rotatable bonds is 0. The molecule has 2 N–H and O–H groups in total. The van der Waals surface area contributed by atoms with Gasteiger partial charge >= 0.3 is 0 Å². The Hall–Kier alpha value is -2.54. The first-order chi connectivity index (χ1) is 12.8. The van der Waals surface area contributed by atoms with E-state index in [4.69, 9.17) is 5.73 Å². The Kier molecular flexibility index (Phi) is 3.10. The van der Waals surface area contributed by atoms with Crippen molar-refractivity contribution in [2.75, 3.05) is 5.73 Å². The molecule has 0 heterocycles. The first-order valence-corrected chi connectivity index (χ1v) is 9.89. The Balaban J connectivity index is 1.99. The van der Waals surface area contributed by atoms with Crippen LogP contribution in [0.2, 0.25) is 0 Å². The molecule has 0 amide bonds. The van der Waals surface area contributed by atoms with E-state index in [-0.39, 0.29) is 10.8 Å². The van der Waals surface area contributed by atoms with Crippen LogP contribution in [0.15, 0.2) is 48.5 Å². The first kappa shape index (κ1) is 16.6. The average molecular weight is 354 g/mol. The van der Waals surface area contributed by atoms with Gasteiger partial charge in [0, 0.05) is 11.1 Å². The number of nitrogens with two attached hydrogens (primary N) is 1. The summed E-state index contributed by atoms with van der Waals surface area (Å²) < 4.78 is 0. The Morgan fingerprint density at radius 3 is 2.26 bits per heavy atom. The Labute approximate surface area is 162 Å². The fraction of sp³-hybridized carbons (Fsp3) is 0.308. The van der Waals surface area contributed by atoms with E-state index in [0.29, 0.717) is 0 Å². The minimum Gasteiger partial charge on any atom is -0.399 e. The van der Waals surface area contributed by atoms with Crippen molar-refractivity contribution in [2.24, 2.45) is 0 Å². The summed E-state index contributed by atoms with van der Waals surface area (Å²) in [7, 11) is 0. The monoisotopic (exact) mass is 353 g/mol. The topological polar surface area (TPSA) is 26.0 Å². The molecule has 1 spiro atoms. The van der Waals surface area contributed by atoms with Gasteiger partial charge < -0.3 is 5.73 Å². The molecule has 27 heavy (non-hydrogen) atoms. The maximum absolute atomic E-state index is 6.30. The number of nitrogen functional groups attached to an aromatic ring is 1. The highest BCUT2D eigenvalue weighted by atomic mass is 14.6. The van der Waals surface area contributed by atoms with E-state index < -0.39 is 0 Å². The second kappa shape index (κ2) is 5.04. The number of hydrogen-bond acceptors (Lipinski definition) is 1. The number of hydrogen-bond donors (Lipinski definition) is 1. The summed E-state index contributed by atoms with van der Waals surface area (Å²) in [6, 6.07) is 17.8. The summed E-state index contributed by atoms with van der Waals surface area (Å²) >= 11 is 0. The molecule has 0 aromatic heterocycles. The average Bonchev–Trinajstić information content (AvgIpc) is 3.03. The van der Waals surface area contributed by atoms with E-state index in [1.165, 1.54) is 44.5 Å². The molecule has 2 aliphatic carbocycles. The van der Waals surface area contributed by atoms with Crippen molar-refractivity contribution in [3.63, 3.8) is 0 Å². The molecule has 0 aliphatic heterocycles. The second-order valence-electron chi connectivity index (χ2n) is 9.20. The Morgan fingerprint density at radius 1 is 0.778 bits per heavy atom. The van der Waals surface area contributed by atoms with E-state index in [1.807, 2.05) is 6.07 Å². The van der Waals surface area contributed by atoms with Gasteiger partial charge in [-0.15, -0.1) is 0 Å². The maximum atomic E-state index is 6.30. The van der Waals surface area contributed by atoms with Gasteiger partial charge in [-0.2, -0.15) is 0 Å². The van der Waals surface area contributed by atoms with Gasteiger partial charge in [0.15, 0.2) is 0 Å². The standard InChI is InChI=1S/C26H27N/c1-15-12-16(2)23-24(17(15)3)25(4,5)14-26(23)21-9-7-6-8-19(21)20-11-10-18(27)13-22(20)26/h6-13H,14,27H2,1-5H3. The van der Waals surface area contributed by atoms with Crippen molar-refractivity contribution in [2.45, 2.75) is 51.9 Å². The van der Waals surface area contributed by atoms with Gasteiger partial charge in [-0.3, -0.25) is 0 Å². The summed E-state index contributed by atoms with van der Waals surface area (Å²) in [5.41, 5.74) is 20.1.